The number of rotatable bonds is 7. The third kappa shape index (κ3) is 4.81. The van der Waals surface area contributed by atoms with Crippen molar-refractivity contribution in [3.8, 4) is 0 Å². The van der Waals surface area contributed by atoms with Crippen LogP contribution in [-0.4, -0.2) is 21.2 Å². The number of nitrogens with zero attached hydrogens (tertiary/aromatic N) is 2. The zero-order chi connectivity index (χ0) is 20.1. The number of nitrogens with one attached hydrogen (secondary N) is 1. The molecule has 28 heavy (non-hydrogen) atoms. The Balaban J connectivity index is 1.78. The van der Waals surface area contributed by atoms with Gasteiger partial charge in [-0.3, -0.25) is 14.2 Å². The van der Waals surface area contributed by atoms with Crippen molar-refractivity contribution in [2.75, 3.05) is 11.1 Å². The van der Waals surface area contributed by atoms with E-state index in [2.05, 4.69) is 31.1 Å². The molecule has 1 heterocycles. The molecular weight excluding hydrogens is 370 g/mol. The van der Waals surface area contributed by atoms with Gasteiger partial charge in [-0.15, -0.1) is 0 Å². The van der Waals surface area contributed by atoms with E-state index < -0.39 is 0 Å². The number of amides is 1. The lowest BCUT2D eigenvalue weighted by atomic mass is 10.1. The van der Waals surface area contributed by atoms with Gasteiger partial charge in [-0.2, -0.15) is 0 Å². The molecule has 5 nitrogen and oxygen atoms in total. The minimum Gasteiger partial charge on any atom is -0.325 e. The number of aryl methyl sites for hydroxylation is 1. The number of hydrogen-bond donors (Lipinski definition) is 1. The van der Waals surface area contributed by atoms with Gasteiger partial charge in [-0.25, -0.2) is 4.98 Å². The summed E-state index contributed by atoms with van der Waals surface area (Å²) >= 11 is 1.29. The van der Waals surface area contributed by atoms with Gasteiger partial charge in [0, 0.05) is 12.2 Å². The van der Waals surface area contributed by atoms with Gasteiger partial charge in [0.15, 0.2) is 5.16 Å². The van der Waals surface area contributed by atoms with Crippen molar-refractivity contribution in [2.45, 2.75) is 38.9 Å². The predicted octanol–water partition coefficient (Wildman–Crippen LogP) is 4.35. The molecule has 3 aromatic rings. The molecule has 0 aliphatic carbocycles. The van der Waals surface area contributed by atoms with E-state index in [1.165, 1.54) is 17.3 Å². The van der Waals surface area contributed by atoms with E-state index in [-0.39, 0.29) is 17.2 Å². The Kier molecular flexibility index (Phi) is 6.52. The number of aromatic nitrogens is 2. The van der Waals surface area contributed by atoms with E-state index in [4.69, 9.17) is 0 Å². The van der Waals surface area contributed by atoms with Crippen LogP contribution in [-0.2, 0) is 17.8 Å². The molecule has 146 valence electrons. The Labute approximate surface area is 169 Å². The smallest absolute Gasteiger partial charge is 0.262 e. The second-order valence-electron chi connectivity index (χ2n) is 7.11. The number of benzene rings is 2. The second-order valence-corrected chi connectivity index (χ2v) is 8.05. The topological polar surface area (TPSA) is 64.0 Å². The maximum Gasteiger partial charge on any atom is 0.262 e. The van der Waals surface area contributed by atoms with E-state index in [0.717, 1.165) is 12.1 Å². The minimum atomic E-state index is -0.118. The van der Waals surface area contributed by atoms with Crippen LogP contribution in [0.2, 0.25) is 0 Å². The van der Waals surface area contributed by atoms with E-state index in [0.29, 0.717) is 28.5 Å². The first-order valence-corrected chi connectivity index (χ1v) is 10.5. The summed E-state index contributed by atoms with van der Waals surface area (Å²) in [6.45, 7) is 6.78. The summed E-state index contributed by atoms with van der Waals surface area (Å²) in [6.07, 6.45) is 0.963. The molecule has 0 atom stereocenters. The average Bonchev–Trinajstić information content (AvgIpc) is 2.69. The SMILES string of the molecule is CCc1ccc(NC(=O)CSc2nc3ccccc3c(=O)n2CC(C)C)cc1. The molecule has 2 aromatic carbocycles. The van der Waals surface area contributed by atoms with E-state index >= 15 is 0 Å². The second kappa shape index (κ2) is 9.06. The maximum absolute atomic E-state index is 12.9. The van der Waals surface area contributed by atoms with Gasteiger partial charge < -0.3 is 5.32 Å². The molecular formula is C22H25N3O2S. The molecule has 1 amide bonds. The highest BCUT2D eigenvalue weighted by atomic mass is 32.2. The number of para-hydroxylation sites is 1. The summed E-state index contributed by atoms with van der Waals surface area (Å²) in [4.78, 5) is 29.9. The van der Waals surface area contributed by atoms with Crippen LogP contribution in [0.25, 0.3) is 10.9 Å². The molecule has 0 fully saturated rings. The first kappa shape index (κ1) is 20.1. The zero-order valence-corrected chi connectivity index (χ0v) is 17.3. The Hall–Kier alpha value is -2.60. The lowest BCUT2D eigenvalue weighted by Gasteiger charge is -2.15. The molecule has 0 saturated carbocycles. The fourth-order valence-corrected chi connectivity index (χ4v) is 3.74. The number of carbonyl (C=O) groups excluding carboxylic acids is 1. The molecule has 0 bridgehead atoms. The summed E-state index contributed by atoms with van der Waals surface area (Å²) in [5, 5.41) is 4.08. The highest BCUT2D eigenvalue weighted by molar-refractivity contribution is 7.99. The van der Waals surface area contributed by atoms with E-state index in [1.807, 2.05) is 42.5 Å². The van der Waals surface area contributed by atoms with Crippen molar-refractivity contribution in [1.82, 2.24) is 9.55 Å². The van der Waals surface area contributed by atoms with Crippen molar-refractivity contribution >= 4 is 34.3 Å². The van der Waals surface area contributed by atoms with Crippen LogP contribution >= 0.6 is 11.8 Å². The number of thioether (sulfide) groups is 1. The molecule has 1 aromatic heterocycles. The summed E-state index contributed by atoms with van der Waals surface area (Å²) in [5.74, 6) is 0.372. The predicted molar refractivity (Wildman–Crippen MR) is 116 cm³/mol. The van der Waals surface area contributed by atoms with Gasteiger partial charge >= 0.3 is 0 Å². The number of anilines is 1. The van der Waals surface area contributed by atoms with Crippen molar-refractivity contribution in [3.63, 3.8) is 0 Å². The summed E-state index contributed by atoms with van der Waals surface area (Å²) in [6, 6.07) is 15.2. The monoisotopic (exact) mass is 395 g/mol. The van der Waals surface area contributed by atoms with Crippen LogP contribution in [0.1, 0.15) is 26.3 Å². The molecule has 0 saturated heterocycles. The van der Waals surface area contributed by atoms with Crippen LogP contribution in [0.3, 0.4) is 0 Å². The van der Waals surface area contributed by atoms with Gasteiger partial charge in [-0.1, -0.05) is 56.8 Å². The van der Waals surface area contributed by atoms with Gasteiger partial charge in [0.1, 0.15) is 0 Å². The van der Waals surface area contributed by atoms with Crippen LogP contribution in [0.4, 0.5) is 5.69 Å². The Morgan fingerprint density at radius 3 is 2.54 bits per heavy atom. The Bertz CT molecular complexity index is 1030. The van der Waals surface area contributed by atoms with Crippen LogP contribution in [0.15, 0.2) is 58.5 Å². The molecule has 1 N–H and O–H groups in total. The molecule has 0 aliphatic rings. The molecule has 0 unspecified atom stereocenters. The maximum atomic E-state index is 12.9. The van der Waals surface area contributed by atoms with E-state index in [1.54, 1.807) is 10.6 Å². The standard InChI is InChI=1S/C22H25N3O2S/c1-4-16-9-11-17(12-10-16)23-20(26)14-28-22-24-19-8-6-5-7-18(19)21(27)25(22)13-15(2)3/h5-12,15H,4,13-14H2,1-3H3,(H,23,26). The van der Waals surface area contributed by atoms with Crippen molar-refractivity contribution < 1.29 is 4.79 Å². The Morgan fingerprint density at radius 2 is 1.86 bits per heavy atom. The first-order valence-electron chi connectivity index (χ1n) is 9.49. The van der Waals surface area contributed by atoms with Crippen LogP contribution in [0.5, 0.6) is 0 Å². The molecule has 6 heteroatoms. The number of carbonyl (C=O) groups is 1. The van der Waals surface area contributed by atoms with Gasteiger partial charge in [0.25, 0.3) is 5.56 Å². The first-order chi connectivity index (χ1) is 13.5. The lowest BCUT2D eigenvalue weighted by molar-refractivity contribution is -0.113. The normalized spacial score (nSPS) is 11.1. The van der Waals surface area contributed by atoms with Crippen molar-refractivity contribution in [3.05, 3.63) is 64.4 Å². The highest BCUT2D eigenvalue weighted by Gasteiger charge is 2.14. The van der Waals surface area contributed by atoms with Gasteiger partial charge in [-0.05, 0) is 42.2 Å². The molecule has 0 radical (unpaired) electrons. The molecule has 0 spiro atoms. The average molecular weight is 396 g/mol. The minimum absolute atomic E-state index is 0.0580. The largest absolute Gasteiger partial charge is 0.325 e. The third-order valence-electron chi connectivity index (χ3n) is 4.35. The number of fused-ring (bicyclic) bond motifs is 1. The summed E-state index contributed by atoms with van der Waals surface area (Å²) in [7, 11) is 0. The van der Waals surface area contributed by atoms with E-state index in [9.17, 15) is 9.59 Å². The van der Waals surface area contributed by atoms with Crippen LogP contribution in [0, 0.1) is 5.92 Å². The zero-order valence-electron chi connectivity index (χ0n) is 16.4. The van der Waals surface area contributed by atoms with Gasteiger partial charge in [0.2, 0.25) is 5.91 Å². The lowest BCUT2D eigenvalue weighted by Crippen LogP contribution is -2.26. The van der Waals surface area contributed by atoms with Crippen molar-refractivity contribution in [1.29, 1.82) is 0 Å². The third-order valence-corrected chi connectivity index (χ3v) is 5.33. The Morgan fingerprint density at radius 1 is 1.14 bits per heavy atom. The fraction of sp³-hybridized carbons (Fsp3) is 0.318. The van der Waals surface area contributed by atoms with Gasteiger partial charge in [0.05, 0.1) is 16.7 Å². The summed E-state index contributed by atoms with van der Waals surface area (Å²) < 4.78 is 1.68. The molecule has 0 aliphatic heterocycles. The molecule has 3 rings (SSSR count). The van der Waals surface area contributed by atoms with Crippen LogP contribution < -0.4 is 10.9 Å². The highest BCUT2D eigenvalue weighted by Crippen LogP contribution is 2.19. The number of hydrogen-bond acceptors (Lipinski definition) is 4. The fourth-order valence-electron chi connectivity index (χ4n) is 2.93. The summed E-state index contributed by atoms with van der Waals surface area (Å²) in [5.41, 5.74) is 2.60. The quantitative estimate of drug-likeness (QED) is 0.477. The van der Waals surface area contributed by atoms with Crippen molar-refractivity contribution in [2.24, 2.45) is 5.92 Å².